The predicted octanol–water partition coefficient (Wildman–Crippen LogP) is 3.03. The molecule has 0 amide bonds. The van der Waals surface area contributed by atoms with Crippen LogP contribution in [0.25, 0.3) is 0 Å². The molecule has 4 nitrogen and oxygen atoms in total. The van der Waals surface area contributed by atoms with Crippen LogP contribution in [-0.4, -0.2) is 17.9 Å². The van der Waals surface area contributed by atoms with E-state index >= 15 is 0 Å². The van der Waals surface area contributed by atoms with E-state index in [4.69, 9.17) is 9.15 Å². The predicted molar refractivity (Wildman–Crippen MR) is 73.4 cm³/mol. The maximum atomic E-state index is 12.0. The van der Waals surface area contributed by atoms with Crippen molar-refractivity contribution >= 4 is 11.8 Å². The van der Waals surface area contributed by atoms with Crippen LogP contribution in [0.5, 0.6) is 0 Å². The third-order valence-corrected chi connectivity index (χ3v) is 2.89. The largest absolute Gasteiger partial charge is 0.469 e. The van der Waals surface area contributed by atoms with Gasteiger partial charge in [-0.15, -0.1) is 0 Å². The summed E-state index contributed by atoms with van der Waals surface area (Å²) in [6.07, 6.45) is 1.45. The zero-order valence-corrected chi connectivity index (χ0v) is 11.2. The molecule has 0 spiro atoms. The van der Waals surface area contributed by atoms with E-state index in [2.05, 4.69) is 0 Å². The van der Waals surface area contributed by atoms with Crippen LogP contribution in [0.3, 0.4) is 0 Å². The van der Waals surface area contributed by atoms with Crippen molar-refractivity contribution in [2.45, 2.75) is 25.9 Å². The van der Waals surface area contributed by atoms with E-state index in [0.717, 1.165) is 5.76 Å². The Bertz CT molecular complexity index is 557. The number of hydrogen-bond donors (Lipinski definition) is 0. The van der Waals surface area contributed by atoms with E-state index in [-0.39, 0.29) is 12.2 Å². The molecule has 104 valence electrons. The Hall–Kier alpha value is -2.36. The highest BCUT2D eigenvalue weighted by atomic mass is 16.5. The van der Waals surface area contributed by atoms with Gasteiger partial charge in [0.25, 0.3) is 0 Å². The monoisotopic (exact) mass is 272 g/mol. The van der Waals surface area contributed by atoms with Gasteiger partial charge in [-0.2, -0.15) is 0 Å². The van der Waals surface area contributed by atoms with Crippen LogP contribution < -0.4 is 0 Å². The van der Waals surface area contributed by atoms with Crippen molar-refractivity contribution in [2.75, 3.05) is 0 Å². The van der Waals surface area contributed by atoms with E-state index in [1.165, 1.54) is 0 Å². The lowest BCUT2D eigenvalue weighted by atomic mass is 10.1. The number of carbonyl (C=O) groups is 2. The minimum atomic E-state index is -0.776. The number of Topliss-reactive ketones (excluding diaryl/α,β-unsaturated/α-hetero) is 1. The van der Waals surface area contributed by atoms with E-state index in [1.807, 2.05) is 6.07 Å². The smallest absolute Gasteiger partial charge is 0.306 e. The fourth-order valence-corrected chi connectivity index (χ4v) is 1.83. The first-order chi connectivity index (χ1) is 9.66. The number of hydrogen-bond acceptors (Lipinski definition) is 4. The van der Waals surface area contributed by atoms with E-state index in [9.17, 15) is 9.59 Å². The molecule has 0 bridgehead atoms. The van der Waals surface area contributed by atoms with Crippen molar-refractivity contribution in [3.05, 3.63) is 60.1 Å². The van der Waals surface area contributed by atoms with Gasteiger partial charge in [0.15, 0.2) is 6.10 Å². The second-order valence-electron chi connectivity index (χ2n) is 4.44. The van der Waals surface area contributed by atoms with Crippen LogP contribution in [0, 0.1) is 0 Å². The van der Waals surface area contributed by atoms with Gasteiger partial charge >= 0.3 is 5.97 Å². The van der Waals surface area contributed by atoms with Gasteiger partial charge in [0.2, 0.25) is 5.78 Å². The fraction of sp³-hybridized carbons (Fsp3) is 0.250. The molecule has 0 aliphatic heterocycles. The first-order valence-electron chi connectivity index (χ1n) is 6.48. The molecule has 2 rings (SSSR count). The molecule has 0 saturated carbocycles. The number of esters is 1. The Morgan fingerprint density at radius 3 is 2.55 bits per heavy atom. The van der Waals surface area contributed by atoms with Crippen molar-refractivity contribution < 1.29 is 18.7 Å². The van der Waals surface area contributed by atoms with Gasteiger partial charge in [0.05, 0.1) is 12.7 Å². The summed E-state index contributed by atoms with van der Waals surface area (Å²) in [5, 5.41) is 0. The molecule has 4 heteroatoms. The maximum Gasteiger partial charge on any atom is 0.306 e. The molecule has 0 aliphatic carbocycles. The summed E-state index contributed by atoms with van der Waals surface area (Å²) in [7, 11) is 0. The molecule has 0 saturated heterocycles. The molecular weight excluding hydrogens is 256 g/mol. The standard InChI is InChI=1S/C16H16O4/c1-12(16(18)13-6-3-2-4-7-13)20-15(17)10-9-14-8-5-11-19-14/h2-8,11-12H,9-10H2,1H3. The first-order valence-corrected chi connectivity index (χ1v) is 6.48. The second-order valence-corrected chi connectivity index (χ2v) is 4.44. The summed E-state index contributed by atoms with van der Waals surface area (Å²) in [4.78, 5) is 23.7. The normalized spacial score (nSPS) is 11.8. The summed E-state index contributed by atoms with van der Waals surface area (Å²) in [5.41, 5.74) is 0.541. The minimum Gasteiger partial charge on any atom is -0.469 e. The molecule has 1 aromatic heterocycles. The second kappa shape index (κ2) is 6.70. The van der Waals surface area contributed by atoms with Crippen molar-refractivity contribution in [2.24, 2.45) is 0 Å². The highest BCUT2D eigenvalue weighted by Crippen LogP contribution is 2.09. The zero-order chi connectivity index (χ0) is 14.4. The van der Waals surface area contributed by atoms with Crippen molar-refractivity contribution in [1.82, 2.24) is 0 Å². The third kappa shape index (κ3) is 3.82. The van der Waals surface area contributed by atoms with Crippen molar-refractivity contribution in [1.29, 1.82) is 0 Å². The molecule has 20 heavy (non-hydrogen) atoms. The van der Waals surface area contributed by atoms with Crippen molar-refractivity contribution in [3.8, 4) is 0 Å². The number of benzene rings is 1. The van der Waals surface area contributed by atoms with E-state index in [0.29, 0.717) is 12.0 Å². The van der Waals surface area contributed by atoms with Gasteiger partial charge in [-0.1, -0.05) is 30.3 Å². The van der Waals surface area contributed by atoms with Crippen LogP contribution in [0.4, 0.5) is 0 Å². The topological polar surface area (TPSA) is 56.5 Å². The lowest BCUT2D eigenvalue weighted by Crippen LogP contribution is -2.24. The Kier molecular flexibility index (Phi) is 4.71. The van der Waals surface area contributed by atoms with Crippen LogP contribution in [-0.2, 0) is 16.0 Å². The Labute approximate surface area is 117 Å². The third-order valence-electron chi connectivity index (χ3n) is 2.89. The molecule has 0 radical (unpaired) electrons. The SMILES string of the molecule is CC(OC(=O)CCc1ccco1)C(=O)c1ccccc1. The number of ketones is 1. The van der Waals surface area contributed by atoms with Gasteiger partial charge in [0.1, 0.15) is 5.76 Å². The van der Waals surface area contributed by atoms with Gasteiger partial charge in [-0.25, -0.2) is 0 Å². The molecule has 1 atom stereocenters. The molecule has 1 aromatic carbocycles. The molecule has 1 unspecified atom stereocenters. The summed E-state index contributed by atoms with van der Waals surface area (Å²) in [6, 6.07) is 12.4. The first kappa shape index (κ1) is 14.1. The molecule has 0 N–H and O–H groups in total. The Balaban J connectivity index is 1.83. The molecule has 2 aromatic rings. The van der Waals surface area contributed by atoms with E-state index < -0.39 is 12.1 Å². The minimum absolute atomic E-state index is 0.194. The highest BCUT2D eigenvalue weighted by molar-refractivity contribution is 6.00. The summed E-state index contributed by atoms with van der Waals surface area (Å²) in [6.45, 7) is 1.58. The molecule has 0 aliphatic rings. The van der Waals surface area contributed by atoms with Gasteiger partial charge < -0.3 is 9.15 Å². The molecular formula is C16H16O4. The average Bonchev–Trinajstić information content (AvgIpc) is 2.98. The van der Waals surface area contributed by atoms with Crippen LogP contribution in [0.15, 0.2) is 53.1 Å². The summed E-state index contributed by atoms with van der Waals surface area (Å²) in [5.74, 6) is 0.124. The lowest BCUT2D eigenvalue weighted by molar-refractivity contribution is -0.146. The quantitative estimate of drug-likeness (QED) is 0.599. The Morgan fingerprint density at radius 2 is 1.90 bits per heavy atom. The van der Waals surface area contributed by atoms with Crippen LogP contribution >= 0.6 is 0 Å². The fourth-order valence-electron chi connectivity index (χ4n) is 1.83. The number of ether oxygens (including phenoxy) is 1. The van der Waals surface area contributed by atoms with Crippen LogP contribution in [0.1, 0.15) is 29.5 Å². The number of carbonyl (C=O) groups excluding carboxylic acids is 2. The maximum absolute atomic E-state index is 12.0. The Morgan fingerprint density at radius 1 is 1.15 bits per heavy atom. The average molecular weight is 272 g/mol. The number of furan rings is 1. The highest BCUT2D eigenvalue weighted by Gasteiger charge is 2.19. The summed E-state index contributed by atoms with van der Waals surface area (Å²) < 4.78 is 10.3. The van der Waals surface area contributed by atoms with Gasteiger partial charge in [0, 0.05) is 12.0 Å². The molecule has 1 heterocycles. The summed E-state index contributed by atoms with van der Waals surface area (Å²) >= 11 is 0. The number of rotatable bonds is 6. The van der Waals surface area contributed by atoms with E-state index in [1.54, 1.807) is 49.6 Å². The van der Waals surface area contributed by atoms with Crippen LogP contribution in [0.2, 0.25) is 0 Å². The van der Waals surface area contributed by atoms with Gasteiger partial charge in [-0.05, 0) is 19.1 Å². The lowest BCUT2D eigenvalue weighted by Gasteiger charge is -2.12. The number of aryl methyl sites for hydroxylation is 1. The van der Waals surface area contributed by atoms with Gasteiger partial charge in [-0.3, -0.25) is 9.59 Å². The molecule has 0 fully saturated rings. The zero-order valence-electron chi connectivity index (χ0n) is 11.2. The van der Waals surface area contributed by atoms with Crippen molar-refractivity contribution in [3.63, 3.8) is 0 Å².